The number of likely N-dealkylation sites (N-methyl/N-ethyl adjacent to an activating group) is 1. The molecule has 0 spiro atoms. The predicted octanol–water partition coefficient (Wildman–Crippen LogP) is 5.01. The Balaban J connectivity index is 2.05. The van der Waals surface area contributed by atoms with Crippen molar-refractivity contribution >= 4 is 62.3 Å². The molecular weight excluding hydrogens is 545 g/mol. The quantitative estimate of drug-likeness (QED) is 0.393. The van der Waals surface area contributed by atoms with E-state index in [1.165, 1.54) is 42.3 Å². The Morgan fingerprint density at radius 3 is 2.22 bits per heavy atom. The van der Waals surface area contributed by atoms with Crippen molar-refractivity contribution in [2.24, 2.45) is 0 Å². The molecule has 190 valence electrons. The molecule has 0 aromatic heterocycles. The number of halogens is 3. The van der Waals surface area contributed by atoms with Crippen molar-refractivity contribution in [3.63, 3.8) is 0 Å². The summed E-state index contributed by atoms with van der Waals surface area (Å²) in [7, 11) is -2.72. The summed E-state index contributed by atoms with van der Waals surface area (Å²) >= 11 is 18.3. The minimum absolute atomic E-state index is 0.00962. The van der Waals surface area contributed by atoms with Gasteiger partial charge in [-0.05, 0) is 55.0 Å². The van der Waals surface area contributed by atoms with Crippen LogP contribution >= 0.6 is 34.8 Å². The maximum absolute atomic E-state index is 13.7. The summed E-state index contributed by atoms with van der Waals surface area (Å²) in [6.07, 6.45) is 0. The van der Waals surface area contributed by atoms with Crippen molar-refractivity contribution in [1.29, 1.82) is 0 Å². The molecule has 11 heteroatoms. The van der Waals surface area contributed by atoms with Crippen LogP contribution in [0.15, 0.2) is 77.7 Å². The van der Waals surface area contributed by atoms with E-state index < -0.39 is 34.4 Å². The molecule has 0 heterocycles. The minimum atomic E-state index is -4.18. The molecule has 36 heavy (non-hydrogen) atoms. The average Bonchev–Trinajstić information content (AvgIpc) is 2.87. The lowest BCUT2D eigenvalue weighted by atomic mass is 10.1. The van der Waals surface area contributed by atoms with Gasteiger partial charge in [-0.3, -0.25) is 13.9 Å². The first-order valence-electron chi connectivity index (χ1n) is 10.8. The summed E-state index contributed by atoms with van der Waals surface area (Å²) in [5, 5.41) is 3.36. The van der Waals surface area contributed by atoms with Gasteiger partial charge in [0.05, 0.1) is 20.6 Å². The Bertz CT molecular complexity index is 1350. The van der Waals surface area contributed by atoms with Gasteiger partial charge in [0.15, 0.2) is 0 Å². The molecular formula is C25H24Cl3N3O4S. The summed E-state index contributed by atoms with van der Waals surface area (Å²) in [6.45, 7) is 1.02. The van der Waals surface area contributed by atoms with Gasteiger partial charge in [-0.25, -0.2) is 8.42 Å². The molecule has 0 radical (unpaired) electrons. The number of hydrogen-bond acceptors (Lipinski definition) is 4. The summed E-state index contributed by atoms with van der Waals surface area (Å²) in [4.78, 5) is 27.4. The van der Waals surface area contributed by atoms with Gasteiger partial charge in [-0.15, -0.1) is 0 Å². The Morgan fingerprint density at radius 2 is 1.61 bits per heavy atom. The highest BCUT2D eigenvalue weighted by Gasteiger charge is 2.32. The van der Waals surface area contributed by atoms with Crippen LogP contribution in [0.25, 0.3) is 0 Å². The molecule has 0 aliphatic rings. The normalized spacial score (nSPS) is 12.0. The molecule has 1 N–H and O–H groups in total. The lowest BCUT2D eigenvalue weighted by Crippen LogP contribution is -2.50. The molecule has 0 saturated carbocycles. The van der Waals surface area contributed by atoms with Gasteiger partial charge < -0.3 is 10.2 Å². The summed E-state index contributed by atoms with van der Waals surface area (Å²) in [5.41, 5.74) is 0.829. The number of rotatable bonds is 9. The molecule has 3 rings (SSSR count). The molecule has 2 amide bonds. The summed E-state index contributed by atoms with van der Waals surface area (Å²) in [5.74, 6) is -1.01. The van der Waals surface area contributed by atoms with E-state index in [-0.39, 0.29) is 27.2 Å². The molecule has 0 aliphatic heterocycles. The van der Waals surface area contributed by atoms with E-state index in [0.717, 1.165) is 4.31 Å². The molecule has 7 nitrogen and oxygen atoms in total. The zero-order valence-electron chi connectivity index (χ0n) is 19.5. The molecule has 0 unspecified atom stereocenters. The van der Waals surface area contributed by atoms with E-state index >= 15 is 0 Å². The van der Waals surface area contributed by atoms with Crippen LogP contribution in [0.1, 0.15) is 12.5 Å². The molecule has 0 saturated heterocycles. The Kier molecular flexibility index (Phi) is 9.24. The van der Waals surface area contributed by atoms with Crippen LogP contribution in [0.2, 0.25) is 15.1 Å². The number of carbonyl (C=O) groups is 2. The van der Waals surface area contributed by atoms with E-state index in [4.69, 9.17) is 34.8 Å². The van der Waals surface area contributed by atoms with Gasteiger partial charge in [0, 0.05) is 18.6 Å². The van der Waals surface area contributed by atoms with Crippen LogP contribution in [0.3, 0.4) is 0 Å². The maximum Gasteiger partial charge on any atom is 0.264 e. The van der Waals surface area contributed by atoms with Crippen LogP contribution in [0.4, 0.5) is 5.69 Å². The fourth-order valence-electron chi connectivity index (χ4n) is 3.51. The second-order valence-corrected chi connectivity index (χ2v) is 11.0. The first kappa shape index (κ1) is 27.8. The first-order valence-corrected chi connectivity index (χ1v) is 13.4. The minimum Gasteiger partial charge on any atom is -0.357 e. The monoisotopic (exact) mass is 567 g/mol. The standard InChI is InChI=1S/C25H24Cl3N3O4S/c1-17(25(33)29-2)30(15-18-7-6-8-19(26)13-18)24(32)16-31(20-11-12-22(27)23(28)14-20)36(34,35)21-9-4-3-5-10-21/h3-14,17H,15-16H2,1-2H3,(H,29,33)/t17-/m1/s1. The lowest BCUT2D eigenvalue weighted by Gasteiger charge is -2.32. The molecule has 0 aliphatic carbocycles. The number of sulfonamides is 1. The fourth-order valence-corrected chi connectivity index (χ4v) is 5.44. The average molecular weight is 569 g/mol. The zero-order chi connectivity index (χ0) is 26.5. The highest BCUT2D eigenvalue weighted by Crippen LogP contribution is 2.31. The van der Waals surface area contributed by atoms with Crippen molar-refractivity contribution in [2.45, 2.75) is 24.4 Å². The topological polar surface area (TPSA) is 86.8 Å². The number of nitrogens with one attached hydrogen (secondary N) is 1. The van der Waals surface area contributed by atoms with Crippen LogP contribution in [0.5, 0.6) is 0 Å². The number of nitrogens with zero attached hydrogens (tertiary/aromatic N) is 2. The third-order valence-electron chi connectivity index (χ3n) is 5.46. The third-order valence-corrected chi connectivity index (χ3v) is 8.22. The van der Waals surface area contributed by atoms with Crippen LogP contribution in [-0.2, 0) is 26.2 Å². The highest BCUT2D eigenvalue weighted by molar-refractivity contribution is 7.92. The second-order valence-electron chi connectivity index (χ2n) is 7.86. The number of anilines is 1. The number of amides is 2. The zero-order valence-corrected chi connectivity index (χ0v) is 22.6. The Hall–Kier alpha value is -2.78. The van der Waals surface area contributed by atoms with E-state index in [2.05, 4.69) is 5.32 Å². The highest BCUT2D eigenvalue weighted by atomic mass is 35.5. The Morgan fingerprint density at radius 1 is 0.917 bits per heavy atom. The van der Waals surface area contributed by atoms with Crippen molar-refractivity contribution in [2.75, 3.05) is 17.9 Å². The van der Waals surface area contributed by atoms with Crippen molar-refractivity contribution in [3.8, 4) is 0 Å². The smallest absolute Gasteiger partial charge is 0.264 e. The van der Waals surface area contributed by atoms with Crippen LogP contribution in [0, 0.1) is 0 Å². The fraction of sp³-hybridized carbons (Fsp3) is 0.200. The van der Waals surface area contributed by atoms with Gasteiger partial charge in [-0.1, -0.05) is 65.1 Å². The van der Waals surface area contributed by atoms with E-state index in [9.17, 15) is 18.0 Å². The van der Waals surface area contributed by atoms with Gasteiger partial charge in [0.1, 0.15) is 12.6 Å². The van der Waals surface area contributed by atoms with Gasteiger partial charge >= 0.3 is 0 Å². The van der Waals surface area contributed by atoms with Gasteiger partial charge in [-0.2, -0.15) is 0 Å². The predicted molar refractivity (Wildman–Crippen MR) is 143 cm³/mol. The number of carbonyl (C=O) groups excluding carboxylic acids is 2. The van der Waals surface area contributed by atoms with Crippen molar-refractivity contribution in [3.05, 3.63) is 93.4 Å². The van der Waals surface area contributed by atoms with E-state index in [1.807, 2.05) is 0 Å². The largest absolute Gasteiger partial charge is 0.357 e. The number of benzene rings is 3. The van der Waals surface area contributed by atoms with Gasteiger partial charge in [0.25, 0.3) is 10.0 Å². The van der Waals surface area contributed by atoms with Crippen molar-refractivity contribution in [1.82, 2.24) is 10.2 Å². The van der Waals surface area contributed by atoms with Crippen LogP contribution in [-0.4, -0.2) is 44.8 Å². The number of hydrogen-bond donors (Lipinski definition) is 1. The maximum atomic E-state index is 13.7. The van der Waals surface area contributed by atoms with Crippen LogP contribution < -0.4 is 9.62 Å². The second kappa shape index (κ2) is 12.0. The molecule has 0 fully saturated rings. The van der Waals surface area contributed by atoms with Crippen molar-refractivity contribution < 1.29 is 18.0 Å². The summed E-state index contributed by atoms with van der Waals surface area (Å²) < 4.78 is 28.2. The van der Waals surface area contributed by atoms with E-state index in [1.54, 1.807) is 49.4 Å². The third kappa shape index (κ3) is 6.50. The molecule has 1 atom stereocenters. The Labute approximate surface area is 225 Å². The SMILES string of the molecule is CNC(=O)[C@@H](C)N(Cc1cccc(Cl)c1)C(=O)CN(c1ccc(Cl)c(Cl)c1)S(=O)(=O)c1ccccc1. The first-order chi connectivity index (χ1) is 17.0. The van der Waals surface area contributed by atoms with Gasteiger partial charge in [0.2, 0.25) is 11.8 Å². The van der Waals surface area contributed by atoms with E-state index in [0.29, 0.717) is 10.6 Å². The molecule has 3 aromatic rings. The lowest BCUT2D eigenvalue weighted by molar-refractivity contribution is -0.139. The summed E-state index contributed by atoms with van der Waals surface area (Å²) in [6, 6.07) is 18.0. The molecule has 3 aromatic carbocycles. The molecule has 0 bridgehead atoms.